The first-order chi connectivity index (χ1) is 6.93. The molecule has 4 heteroatoms. The van der Waals surface area contributed by atoms with Crippen molar-refractivity contribution >= 4 is 5.82 Å². The van der Waals surface area contributed by atoms with Crippen LogP contribution in [0.15, 0.2) is 12.3 Å². The summed E-state index contributed by atoms with van der Waals surface area (Å²) in [5.74, 6) is 0.914. The summed E-state index contributed by atoms with van der Waals surface area (Å²) >= 11 is 0. The van der Waals surface area contributed by atoms with Gasteiger partial charge in [0.05, 0.1) is 5.60 Å². The van der Waals surface area contributed by atoms with E-state index in [4.69, 9.17) is 4.74 Å². The second kappa shape index (κ2) is 4.66. The zero-order valence-electron chi connectivity index (χ0n) is 10.2. The zero-order chi connectivity index (χ0) is 11.5. The monoisotopic (exact) mass is 211 g/mol. The van der Waals surface area contributed by atoms with E-state index in [1.807, 2.05) is 19.3 Å². The number of hydrogen-bond acceptors (Lipinski definition) is 3. The van der Waals surface area contributed by atoms with E-state index in [1.165, 1.54) is 0 Å². The van der Waals surface area contributed by atoms with Crippen LogP contribution in [0.3, 0.4) is 0 Å². The van der Waals surface area contributed by atoms with Crippen molar-refractivity contribution in [2.75, 3.05) is 12.4 Å². The molecule has 15 heavy (non-hydrogen) atoms. The molecule has 0 spiro atoms. The third-order valence-corrected chi connectivity index (χ3v) is 2.46. The lowest BCUT2D eigenvalue weighted by Gasteiger charge is -2.26. The van der Waals surface area contributed by atoms with Crippen molar-refractivity contribution in [1.82, 2.24) is 9.78 Å². The van der Waals surface area contributed by atoms with Crippen molar-refractivity contribution in [3.8, 4) is 0 Å². The highest BCUT2D eigenvalue weighted by atomic mass is 16.5. The number of anilines is 1. The Morgan fingerprint density at radius 1 is 1.60 bits per heavy atom. The molecule has 1 rings (SSSR count). The highest BCUT2D eigenvalue weighted by molar-refractivity contribution is 5.33. The van der Waals surface area contributed by atoms with Crippen LogP contribution in [0.25, 0.3) is 0 Å². The first-order valence-electron chi connectivity index (χ1n) is 5.24. The Hall–Kier alpha value is -1.03. The molecule has 1 atom stereocenters. The number of nitrogens with one attached hydrogen (secondary N) is 1. The van der Waals surface area contributed by atoms with Gasteiger partial charge < -0.3 is 10.1 Å². The van der Waals surface area contributed by atoms with Gasteiger partial charge in [-0.3, -0.25) is 4.68 Å². The Balaban J connectivity index is 2.46. The van der Waals surface area contributed by atoms with Crippen molar-refractivity contribution in [3.63, 3.8) is 0 Å². The van der Waals surface area contributed by atoms with E-state index in [0.29, 0.717) is 6.04 Å². The Labute approximate surface area is 91.6 Å². The molecule has 0 saturated carbocycles. The Bertz CT molecular complexity index is 307. The number of methoxy groups -OCH3 is 1. The van der Waals surface area contributed by atoms with Gasteiger partial charge in [-0.05, 0) is 27.2 Å². The van der Waals surface area contributed by atoms with Gasteiger partial charge >= 0.3 is 0 Å². The quantitative estimate of drug-likeness (QED) is 0.810. The van der Waals surface area contributed by atoms with E-state index in [1.54, 1.807) is 11.8 Å². The molecule has 0 fully saturated rings. The van der Waals surface area contributed by atoms with E-state index in [-0.39, 0.29) is 5.60 Å². The number of aryl methyl sites for hydroxylation is 1. The molecular weight excluding hydrogens is 190 g/mol. The topological polar surface area (TPSA) is 39.1 Å². The zero-order valence-corrected chi connectivity index (χ0v) is 10.2. The van der Waals surface area contributed by atoms with Crippen molar-refractivity contribution in [2.45, 2.75) is 38.8 Å². The summed E-state index contributed by atoms with van der Waals surface area (Å²) in [7, 11) is 3.66. The third kappa shape index (κ3) is 3.91. The Kier molecular flexibility index (Phi) is 3.74. The molecule has 0 aliphatic carbocycles. The predicted octanol–water partition coefficient (Wildman–Crippen LogP) is 2.04. The number of hydrogen-bond donors (Lipinski definition) is 1. The molecule has 0 amide bonds. The van der Waals surface area contributed by atoms with Crippen molar-refractivity contribution in [2.24, 2.45) is 7.05 Å². The second-order valence-corrected chi connectivity index (χ2v) is 4.59. The molecule has 4 nitrogen and oxygen atoms in total. The average molecular weight is 211 g/mol. The van der Waals surface area contributed by atoms with Crippen LogP contribution in [0.4, 0.5) is 5.82 Å². The molecule has 86 valence electrons. The van der Waals surface area contributed by atoms with Gasteiger partial charge in [0.25, 0.3) is 0 Å². The van der Waals surface area contributed by atoms with Gasteiger partial charge in [-0.15, -0.1) is 0 Å². The minimum atomic E-state index is -0.0960. The molecule has 0 aromatic carbocycles. The third-order valence-electron chi connectivity index (χ3n) is 2.46. The van der Waals surface area contributed by atoms with Crippen molar-refractivity contribution in [3.05, 3.63) is 12.3 Å². The fraction of sp³-hybridized carbons (Fsp3) is 0.727. The molecule has 1 unspecified atom stereocenters. The SMILES string of the molecule is COC(C)(C)CC(C)Nc1ccn(C)n1. The first-order valence-corrected chi connectivity index (χ1v) is 5.24. The summed E-state index contributed by atoms with van der Waals surface area (Å²) in [6.07, 6.45) is 2.87. The fourth-order valence-corrected chi connectivity index (χ4v) is 1.62. The highest BCUT2D eigenvalue weighted by Gasteiger charge is 2.20. The summed E-state index contributed by atoms with van der Waals surface area (Å²) in [6, 6.07) is 2.31. The molecule has 1 aromatic heterocycles. The van der Waals surface area contributed by atoms with Gasteiger partial charge in [-0.1, -0.05) is 0 Å². The smallest absolute Gasteiger partial charge is 0.148 e. The summed E-state index contributed by atoms with van der Waals surface area (Å²) < 4.78 is 7.17. The van der Waals surface area contributed by atoms with Gasteiger partial charge in [0, 0.05) is 32.5 Å². The van der Waals surface area contributed by atoms with Gasteiger partial charge in [0.2, 0.25) is 0 Å². The molecule has 0 bridgehead atoms. The minimum absolute atomic E-state index is 0.0960. The molecule has 1 heterocycles. The van der Waals surface area contributed by atoms with Gasteiger partial charge in [-0.25, -0.2) is 0 Å². The van der Waals surface area contributed by atoms with Crippen LogP contribution >= 0.6 is 0 Å². The summed E-state index contributed by atoms with van der Waals surface area (Å²) in [4.78, 5) is 0. The second-order valence-electron chi connectivity index (χ2n) is 4.59. The minimum Gasteiger partial charge on any atom is -0.379 e. The fourth-order valence-electron chi connectivity index (χ4n) is 1.62. The van der Waals surface area contributed by atoms with Gasteiger partial charge in [0.15, 0.2) is 0 Å². The van der Waals surface area contributed by atoms with Crippen LogP contribution in [0.2, 0.25) is 0 Å². The lowest BCUT2D eigenvalue weighted by molar-refractivity contribution is 0.0128. The maximum absolute atomic E-state index is 5.39. The Morgan fingerprint density at radius 3 is 2.73 bits per heavy atom. The van der Waals surface area contributed by atoms with E-state index >= 15 is 0 Å². The maximum Gasteiger partial charge on any atom is 0.148 e. The van der Waals surface area contributed by atoms with Crippen LogP contribution in [-0.2, 0) is 11.8 Å². The van der Waals surface area contributed by atoms with Crippen LogP contribution in [0, 0.1) is 0 Å². The van der Waals surface area contributed by atoms with Crippen molar-refractivity contribution < 1.29 is 4.74 Å². The van der Waals surface area contributed by atoms with E-state index < -0.39 is 0 Å². The van der Waals surface area contributed by atoms with E-state index in [2.05, 4.69) is 31.2 Å². The van der Waals surface area contributed by atoms with Crippen LogP contribution in [0.5, 0.6) is 0 Å². The molecule has 0 aliphatic heterocycles. The van der Waals surface area contributed by atoms with Gasteiger partial charge in [-0.2, -0.15) is 5.10 Å². The molecule has 0 aliphatic rings. The standard InChI is InChI=1S/C11H21N3O/c1-9(8-11(2,3)15-5)12-10-6-7-14(4)13-10/h6-7,9H,8H2,1-5H3,(H,12,13). The number of nitrogens with zero attached hydrogens (tertiary/aromatic N) is 2. The van der Waals surface area contributed by atoms with Crippen LogP contribution in [0.1, 0.15) is 27.2 Å². The highest BCUT2D eigenvalue weighted by Crippen LogP contribution is 2.17. The number of rotatable bonds is 5. The lowest BCUT2D eigenvalue weighted by atomic mass is 10.00. The summed E-state index contributed by atoms with van der Waals surface area (Å²) in [6.45, 7) is 6.31. The number of ether oxygens (including phenoxy) is 1. The van der Waals surface area contributed by atoms with Gasteiger partial charge in [0.1, 0.15) is 5.82 Å². The predicted molar refractivity (Wildman–Crippen MR) is 62.0 cm³/mol. The normalized spacial score (nSPS) is 13.9. The number of aromatic nitrogens is 2. The maximum atomic E-state index is 5.39. The lowest BCUT2D eigenvalue weighted by Crippen LogP contribution is -2.31. The summed E-state index contributed by atoms with van der Waals surface area (Å²) in [5, 5.41) is 7.61. The molecule has 0 radical (unpaired) electrons. The molecule has 1 aromatic rings. The van der Waals surface area contributed by atoms with Crippen molar-refractivity contribution in [1.29, 1.82) is 0 Å². The van der Waals surface area contributed by atoms with Crippen LogP contribution < -0.4 is 5.32 Å². The Morgan fingerprint density at radius 2 is 2.27 bits per heavy atom. The molecular formula is C11H21N3O. The van der Waals surface area contributed by atoms with E-state index in [9.17, 15) is 0 Å². The summed E-state index contributed by atoms with van der Waals surface area (Å²) in [5.41, 5.74) is -0.0960. The van der Waals surface area contributed by atoms with Crippen LogP contribution in [-0.4, -0.2) is 28.5 Å². The molecule has 1 N–H and O–H groups in total. The first kappa shape index (κ1) is 12.0. The van der Waals surface area contributed by atoms with E-state index in [0.717, 1.165) is 12.2 Å². The largest absolute Gasteiger partial charge is 0.379 e. The molecule has 0 saturated heterocycles. The average Bonchev–Trinajstić information content (AvgIpc) is 2.50.